The molecular weight excluding hydrogens is 584 g/mol. The quantitative estimate of drug-likeness (QED) is 0.205. The van der Waals surface area contributed by atoms with E-state index in [4.69, 9.17) is 9.47 Å². The maximum atomic E-state index is 13.8. The standard InChI is InChI=1S/C34H43F6NO3/c1-7-26(20(3)32(42)43-6)23-11-10-22-12-15-29(44-30(22)16-23)31-19(2)8-9-24(31)18-41(5)21(4)27-17-25(33(35,36)37)13-14-28(27)34(38,39)40/h10-11,13-14,16-17,19-21,24,26,29,31H,7-9,12,15,18H2,1-6H3/t19?,20-,21+,24+,26+,29?,31?/m0/s1. The lowest BCUT2D eigenvalue weighted by Gasteiger charge is -2.38. The van der Waals surface area contributed by atoms with E-state index < -0.39 is 29.5 Å². The summed E-state index contributed by atoms with van der Waals surface area (Å²) >= 11 is 0. The summed E-state index contributed by atoms with van der Waals surface area (Å²) in [7, 11) is 3.07. The normalized spacial score (nSPS) is 24.4. The van der Waals surface area contributed by atoms with Crippen LogP contribution in [0.3, 0.4) is 0 Å². The molecule has 4 nitrogen and oxygen atoms in total. The molecule has 0 bridgehead atoms. The second kappa shape index (κ2) is 13.3. The first-order valence-electron chi connectivity index (χ1n) is 15.4. The van der Waals surface area contributed by atoms with Gasteiger partial charge in [-0.1, -0.05) is 32.9 Å². The predicted octanol–water partition coefficient (Wildman–Crippen LogP) is 9.08. The van der Waals surface area contributed by atoms with Crippen LogP contribution in [-0.4, -0.2) is 37.7 Å². The first-order chi connectivity index (χ1) is 20.6. The van der Waals surface area contributed by atoms with Crippen molar-refractivity contribution in [2.45, 2.75) is 90.2 Å². The number of benzene rings is 2. The molecule has 0 amide bonds. The van der Waals surface area contributed by atoms with E-state index in [0.29, 0.717) is 30.7 Å². The van der Waals surface area contributed by atoms with Crippen molar-refractivity contribution in [1.29, 1.82) is 0 Å². The Bertz CT molecular complexity index is 1310. The van der Waals surface area contributed by atoms with E-state index in [9.17, 15) is 31.1 Å². The molecule has 2 aromatic rings. The Balaban J connectivity index is 1.54. The molecule has 244 valence electrons. The van der Waals surface area contributed by atoms with Gasteiger partial charge in [-0.3, -0.25) is 9.69 Å². The second-order valence-corrected chi connectivity index (χ2v) is 12.7. The summed E-state index contributed by atoms with van der Waals surface area (Å²) in [5.74, 6) is 0.766. The predicted molar refractivity (Wildman–Crippen MR) is 156 cm³/mol. The van der Waals surface area contributed by atoms with Crippen molar-refractivity contribution in [3.8, 4) is 5.75 Å². The lowest BCUT2D eigenvalue weighted by molar-refractivity contribution is -0.145. The van der Waals surface area contributed by atoms with Crippen molar-refractivity contribution in [3.05, 3.63) is 64.2 Å². The summed E-state index contributed by atoms with van der Waals surface area (Å²) in [5, 5.41) is 0. The van der Waals surface area contributed by atoms with E-state index in [2.05, 4.69) is 19.1 Å². The minimum Gasteiger partial charge on any atom is -0.490 e. The van der Waals surface area contributed by atoms with Crippen LogP contribution in [-0.2, 0) is 28.3 Å². The molecule has 3 unspecified atom stereocenters. The Morgan fingerprint density at radius 3 is 2.34 bits per heavy atom. The summed E-state index contributed by atoms with van der Waals surface area (Å²) in [6.45, 7) is 8.04. The highest BCUT2D eigenvalue weighted by atomic mass is 19.4. The van der Waals surface area contributed by atoms with Gasteiger partial charge in [-0.25, -0.2) is 0 Å². The lowest BCUT2D eigenvalue weighted by Crippen LogP contribution is -2.40. The van der Waals surface area contributed by atoms with Crippen LogP contribution in [0, 0.1) is 23.7 Å². The molecule has 0 aromatic heterocycles. The van der Waals surface area contributed by atoms with Crippen molar-refractivity contribution >= 4 is 5.97 Å². The molecule has 44 heavy (non-hydrogen) atoms. The second-order valence-electron chi connectivity index (χ2n) is 12.7. The van der Waals surface area contributed by atoms with Gasteiger partial charge in [-0.05, 0) is 105 Å². The van der Waals surface area contributed by atoms with Crippen molar-refractivity contribution in [3.63, 3.8) is 0 Å². The van der Waals surface area contributed by atoms with Gasteiger partial charge in [0.05, 0.1) is 24.2 Å². The van der Waals surface area contributed by atoms with E-state index in [1.165, 1.54) is 14.0 Å². The Kier molecular flexibility index (Phi) is 10.3. The van der Waals surface area contributed by atoms with Gasteiger partial charge in [0.2, 0.25) is 0 Å². The Hall–Kier alpha value is -2.75. The molecule has 0 radical (unpaired) electrons. The number of ether oxygens (including phenoxy) is 2. The average Bonchev–Trinajstić information content (AvgIpc) is 3.34. The summed E-state index contributed by atoms with van der Waals surface area (Å²) in [6.07, 6.45) is -5.43. The van der Waals surface area contributed by atoms with Gasteiger partial charge >= 0.3 is 18.3 Å². The first-order valence-corrected chi connectivity index (χ1v) is 15.4. The fourth-order valence-corrected chi connectivity index (χ4v) is 7.45. The van der Waals surface area contributed by atoms with Gasteiger partial charge in [0.15, 0.2) is 0 Å². The van der Waals surface area contributed by atoms with Crippen LogP contribution in [0.25, 0.3) is 0 Å². The lowest BCUT2D eigenvalue weighted by atomic mass is 9.80. The summed E-state index contributed by atoms with van der Waals surface area (Å²) in [4.78, 5) is 14.0. The van der Waals surface area contributed by atoms with Crippen LogP contribution >= 0.6 is 0 Å². The molecule has 0 spiro atoms. The zero-order valence-corrected chi connectivity index (χ0v) is 26.2. The minimum atomic E-state index is -4.77. The molecule has 0 saturated heterocycles. The van der Waals surface area contributed by atoms with Gasteiger partial charge in [0.25, 0.3) is 0 Å². The van der Waals surface area contributed by atoms with E-state index in [1.807, 2.05) is 19.9 Å². The number of nitrogens with zero attached hydrogens (tertiary/aromatic N) is 1. The molecule has 7 atom stereocenters. The Morgan fingerprint density at radius 1 is 1.02 bits per heavy atom. The summed E-state index contributed by atoms with van der Waals surface area (Å²) < 4.78 is 93.5. The van der Waals surface area contributed by atoms with E-state index in [-0.39, 0.29) is 41.3 Å². The molecule has 4 rings (SSSR count). The highest BCUT2D eigenvalue weighted by molar-refractivity contribution is 5.73. The molecule has 1 aliphatic heterocycles. The number of carbonyl (C=O) groups excluding carboxylic acids is 1. The van der Waals surface area contributed by atoms with E-state index in [0.717, 1.165) is 49.0 Å². The van der Waals surface area contributed by atoms with E-state index in [1.54, 1.807) is 11.9 Å². The molecule has 10 heteroatoms. The first kappa shape index (κ1) is 34.1. The van der Waals surface area contributed by atoms with Gasteiger partial charge < -0.3 is 9.47 Å². The number of methoxy groups -OCH3 is 1. The van der Waals surface area contributed by atoms with E-state index >= 15 is 0 Å². The van der Waals surface area contributed by atoms with Crippen molar-refractivity contribution in [2.24, 2.45) is 23.7 Å². The molecule has 2 aliphatic rings. The Morgan fingerprint density at radius 2 is 1.73 bits per heavy atom. The van der Waals surface area contributed by atoms with Crippen LogP contribution in [0.4, 0.5) is 26.3 Å². The minimum absolute atomic E-state index is 0.0255. The molecule has 0 N–H and O–H groups in total. The molecule has 2 aromatic carbocycles. The maximum absolute atomic E-state index is 13.8. The van der Waals surface area contributed by atoms with Gasteiger partial charge in [0, 0.05) is 18.5 Å². The third kappa shape index (κ3) is 7.21. The number of hydrogen-bond donors (Lipinski definition) is 0. The van der Waals surface area contributed by atoms with Crippen LogP contribution in [0.1, 0.15) is 93.2 Å². The average molecular weight is 628 g/mol. The number of carbonyl (C=O) groups is 1. The number of esters is 1. The smallest absolute Gasteiger partial charge is 0.416 e. The third-order valence-electron chi connectivity index (χ3n) is 10.1. The summed E-state index contributed by atoms with van der Waals surface area (Å²) in [5.41, 5.74) is -0.401. The summed E-state index contributed by atoms with van der Waals surface area (Å²) in [6, 6.07) is 6.94. The fourth-order valence-electron chi connectivity index (χ4n) is 7.45. The topological polar surface area (TPSA) is 38.8 Å². The number of rotatable bonds is 9. The SMILES string of the molecule is CC[C@@H](c1ccc2c(c1)OC(C1C(C)CC[C@@H]1CN(C)[C@H](C)c1cc(C(F)(F)F)ccc1C(F)(F)F)CC2)[C@H](C)C(=O)OC. The van der Waals surface area contributed by atoms with Gasteiger partial charge in [0.1, 0.15) is 11.9 Å². The number of aryl methyl sites for hydroxylation is 1. The van der Waals surface area contributed by atoms with Crippen LogP contribution in [0.5, 0.6) is 5.75 Å². The molecular formula is C34H43F6NO3. The van der Waals surface area contributed by atoms with Crippen molar-refractivity contribution < 1.29 is 40.6 Å². The highest BCUT2D eigenvalue weighted by Crippen LogP contribution is 2.46. The van der Waals surface area contributed by atoms with Crippen LogP contribution in [0.15, 0.2) is 36.4 Å². The maximum Gasteiger partial charge on any atom is 0.416 e. The largest absolute Gasteiger partial charge is 0.490 e. The zero-order chi connectivity index (χ0) is 32.6. The number of fused-ring (bicyclic) bond motifs is 1. The third-order valence-corrected chi connectivity index (χ3v) is 10.1. The molecule has 1 aliphatic carbocycles. The van der Waals surface area contributed by atoms with Crippen molar-refractivity contribution in [1.82, 2.24) is 4.90 Å². The molecule has 1 heterocycles. The zero-order valence-electron chi connectivity index (χ0n) is 26.2. The van der Waals surface area contributed by atoms with Crippen LogP contribution in [0.2, 0.25) is 0 Å². The van der Waals surface area contributed by atoms with Gasteiger partial charge in [-0.2, -0.15) is 26.3 Å². The number of alkyl halides is 6. The molecule has 1 saturated carbocycles. The Labute approximate surface area is 256 Å². The number of hydrogen-bond acceptors (Lipinski definition) is 4. The fraction of sp³-hybridized carbons (Fsp3) is 0.618. The highest BCUT2D eigenvalue weighted by Gasteiger charge is 2.43. The number of halogens is 6. The van der Waals surface area contributed by atoms with Gasteiger partial charge in [-0.15, -0.1) is 0 Å². The monoisotopic (exact) mass is 627 g/mol. The molecule has 1 fully saturated rings. The van der Waals surface area contributed by atoms with Crippen molar-refractivity contribution in [2.75, 3.05) is 20.7 Å². The van der Waals surface area contributed by atoms with Crippen LogP contribution < -0.4 is 4.74 Å².